The zero-order valence-electron chi connectivity index (χ0n) is 11.0. The molecule has 0 saturated carbocycles. The van der Waals surface area contributed by atoms with Gasteiger partial charge >= 0.3 is 6.18 Å². The van der Waals surface area contributed by atoms with Crippen molar-refractivity contribution in [3.63, 3.8) is 0 Å². The number of halogens is 3. The van der Waals surface area contributed by atoms with E-state index in [2.05, 4.69) is 10.2 Å². The fourth-order valence-corrected chi connectivity index (χ4v) is 4.40. The molecule has 2 aromatic rings. The van der Waals surface area contributed by atoms with Crippen LogP contribution in [0.5, 0.6) is 0 Å². The normalized spacial score (nSPS) is 11.6. The predicted molar refractivity (Wildman–Crippen MR) is 78.5 cm³/mol. The lowest BCUT2D eigenvalue weighted by Gasteiger charge is -2.07. The highest BCUT2D eigenvalue weighted by molar-refractivity contribution is 8.03. The minimum absolute atomic E-state index is 0.0993. The maximum Gasteiger partial charge on any atom is 0.416 e. The van der Waals surface area contributed by atoms with Crippen molar-refractivity contribution in [3.05, 3.63) is 33.9 Å². The Balaban J connectivity index is 2.31. The average molecular weight is 367 g/mol. The molecule has 22 heavy (non-hydrogen) atoms. The van der Waals surface area contributed by atoms with E-state index in [-0.39, 0.29) is 4.90 Å². The second-order valence-corrected chi connectivity index (χ2v) is 7.58. The number of hydrogen-bond donors (Lipinski definition) is 0. The summed E-state index contributed by atoms with van der Waals surface area (Å²) < 4.78 is 39.0. The zero-order valence-corrected chi connectivity index (χ0v) is 13.4. The lowest BCUT2D eigenvalue weighted by Crippen LogP contribution is -2.05. The molecule has 118 valence electrons. The second kappa shape index (κ2) is 6.84. The van der Waals surface area contributed by atoms with Crippen LogP contribution in [0.1, 0.15) is 12.5 Å². The van der Waals surface area contributed by atoms with E-state index in [0.29, 0.717) is 14.7 Å². The van der Waals surface area contributed by atoms with Crippen LogP contribution in [-0.2, 0) is 6.18 Å². The average Bonchev–Trinajstić information content (AvgIpc) is 2.85. The maximum absolute atomic E-state index is 12.6. The first-order chi connectivity index (χ1) is 10.3. The standard InChI is InChI=1S/C11H8F3N3O2S3/c1-2-20-9-15-16-10(22-9)21-8-4-3-6(11(12,13)14)5-7(8)17(18)19/h3-5H,2H2,1H3. The number of aromatic nitrogens is 2. The Labute approximate surface area is 135 Å². The van der Waals surface area contributed by atoms with Crippen molar-refractivity contribution in [1.29, 1.82) is 0 Å². The van der Waals surface area contributed by atoms with E-state index < -0.39 is 22.4 Å². The summed E-state index contributed by atoms with van der Waals surface area (Å²) in [5.41, 5.74) is -1.65. The van der Waals surface area contributed by atoms with Crippen molar-refractivity contribution >= 4 is 40.5 Å². The largest absolute Gasteiger partial charge is 0.416 e. The molecule has 1 aromatic carbocycles. The Morgan fingerprint density at radius 3 is 2.59 bits per heavy atom. The summed E-state index contributed by atoms with van der Waals surface area (Å²) >= 11 is 3.64. The molecule has 0 aliphatic heterocycles. The van der Waals surface area contributed by atoms with E-state index in [0.717, 1.165) is 29.6 Å². The monoisotopic (exact) mass is 367 g/mol. The fourth-order valence-electron chi connectivity index (χ4n) is 1.44. The molecule has 0 fully saturated rings. The number of benzene rings is 1. The van der Waals surface area contributed by atoms with Gasteiger partial charge in [-0.1, -0.05) is 41.8 Å². The summed E-state index contributed by atoms with van der Waals surface area (Å²) in [7, 11) is 0. The van der Waals surface area contributed by atoms with Crippen LogP contribution in [0.25, 0.3) is 0 Å². The highest BCUT2D eigenvalue weighted by Crippen LogP contribution is 2.40. The first kappa shape index (κ1) is 17.0. The van der Waals surface area contributed by atoms with Gasteiger partial charge in [0.05, 0.1) is 15.4 Å². The van der Waals surface area contributed by atoms with Gasteiger partial charge in [0, 0.05) is 6.07 Å². The van der Waals surface area contributed by atoms with E-state index in [4.69, 9.17) is 0 Å². The van der Waals surface area contributed by atoms with Gasteiger partial charge in [0.25, 0.3) is 5.69 Å². The summed E-state index contributed by atoms with van der Waals surface area (Å²) in [6.07, 6.45) is -4.62. The Kier molecular flexibility index (Phi) is 5.29. The van der Waals surface area contributed by atoms with Gasteiger partial charge in [-0.25, -0.2) is 0 Å². The third-order valence-electron chi connectivity index (χ3n) is 2.34. The SMILES string of the molecule is CCSc1nnc(Sc2ccc(C(F)(F)F)cc2[N+](=O)[O-])s1. The lowest BCUT2D eigenvalue weighted by atomic mass is 10.2. The van der Waals surface area contributed by atoms with Gasteiger partial charge in [0.2, 0.25) is 0 Å². The summed E-state index contributed by atoms with van der Waals surface area (Å²) in [5, 5.41) is 18.7. The van der Waals surface area contributed by atoms with Crippen LogP contribution in [-0.4, -0.2) is 20.9 Å². The van der Waals surface area contributed by atoms with Crippen LogP contribution < -0.4 is 0 Å². The van der Waals surface area contributed by atoms with Crippen molar-refractivity contribution in [1.82, 2.24) is 10.2 Å². The van der Waals surface area contributed by atoms with E-state index in [1.165, 1.54) is 23.1 Å². The number of thioether (sulfide) groups is 1. The smallest absolute Gasteiger partial charge is 0.258 e. The molecular weight excluding hydrogens is 359 g/mol. The maximum atomic E-state index is 12.6. The Hall–Kier alpha value is -1.33. The lowest BCUT2D eigenvalue weighted by molar-refractivity contribution is -0.388. The predicted octanol–water partition coefficient (Wildman–Crippen LogP) is 4.73. The molecular formula is C11H8F3N3O2S3. The molecule has 11 heteroatoms. The topological polar surface area (TPSA) is 68.9 Å². The molecule has 0 amide bonds. The molecule has 0 aliphatic carbocycles. The minimum atomic E-state index is -4.62. The number of nitro benzene ring substituents is 1. The van der Waals surface area contributed by atoms with Crippen LogP contribution in [0.15, 0.2) is 31.8 Å². The first-order valence-electron chi connectivity index (χ1n) is 5.81. The summed E-state index contributed by atoms with van der Waals surface area (Å²) in [6.45, 7) is 1.94. The first-order valence-corrected chi connectivity index (χ1v) is 8.43. The van der Waals surface area contributed by atoms with Crippen molar-refractivity contribution in [2.24, 2.45) is 0 Å². The molecule has 0 radical (unpaired) electrons. The van der Waals surface area contributed by atoms with Gasteiger partial charge in [0.15, 0.2) is 8.68 Å². The molecule has 0 spiro atoms. The molecule has 0 atom stereocenters. The van der Waals surface area contributed by atoms with Crippen LogP contribution >= 0.6 is 34.9 Å². The molecule has 0 bridgehead atoms. The molecule has 0 aliphatic rings. The number of nitro groups is 1. The van der Waals surface area contributed by atoms with Gasteiger partial charge in [-0.2, -0.15) is 13.2 Å². The Bertz CT molecular complexity index is 691. The fraction of sp³-hybridized carbons (Fsp3) is 0.273. The Morgan fingerprint density at radius 1 is 1.32 bits per heavy atom. The third-order valence-corrected chi connectivity index (χ3v) is 5.39. The zero-order chi connectivity index (χ0) is 16.3. The third kappa shape index (κ3) is 4.11. The van der Waals surface area contributed by atoms with E-state index >= 15 is 0 Å². The van der Waals surface area contributed by atoms with E-state index in [1.54, 1.807) is 0 Å². The van der Waals surface area contributed by atoms with Crippen LogP contribution in [0, 0.1) is 10.1 Å². The highest BCUT2D eigenvalue weighted by Gasteiger charge is 2.33. The summed E-state index contributed by atoms with van der Waals surface area (Å²) in [5.74, 6) is 0.805. The number of alkyl halides is 3. The van der Waals surface area contributed by atoms with Crippen molar-refractivity contribution in [2.75, 3.05) is 5.75 Å². The highest BCUT2D eigenvalue weighted by atomic mass is 32.2. The van der Waals surface area contributed by atoms with Gasteiger partial charge in [-0.15, -0.1) is 10.2 Å². The quantitative estimate of drug-likeness (QED) is 0.432. The molecule has 0 N–H and O–H groups in total. The molecule has 5 nitrogen and oxygen atoms in total. The minimum Gasteiger partial charge on any atom is -0.258 e. The van der Waals surface area contributed by atoms with Gasteiger partial charge < -0.3 is 0 Å². The van der Waals surface area contributed by atoms with Crippen molar-refractivity contribution in [3.8, 4) is 0 Å². The molecule has 1 heterocycles. The van der Waals surface area contributed by atoms with E-state index in [9.17, 15) is 23.3 Å². The van der Waals surface area contributed by atoms with Crippen LogP contribution in [0.2, 0.25) is 0 Å². The van der Waals surface area contributed by atoms with Gasteiger partial charge in [-0.05, 0) is 17.9 Å². The van der Waals surface area contributed by atoms with E-state index in [1.807, 2.05) is 6.92 Å². The van der Waals surface area contributed by atoms with Crippen molar-refractivity contribution in [2.45, 2.75) is 26.7 Å². The van der Waals surface area contributed by atoms with Crippen molar-refractivity contribution < 1.29 is 18.1 Å². The second-order valence-electron chi connectivity index (χ2n) is 3.81. The summed E-state index contributed by atoms with van der Waals surface area (Å²) in [6, 6.07) is 2.43. The molecule has 1 aromatic heterocycles. The number of nitrogens with zero attached hydrogens (tertiary/aromatic N) is 3. The Morgan fingerprint density at radius 2 is 2.00 bits per heavy atom. The molecule has 2 rings (SSSR count). The van der Waals surface area contributed by atoms with Crippen LogP contribution in [0.4, 0.5) is 18.9 Å². The number of rotatable bonds is 5. The number of hydrogen-bond acceptors (Lipinski definition) is 7. The molecule has 0 saturated heterocycles. The molecule has 0 unspecified atom stereocenters. The summed E-state index contributed by atoms with van der Waals surface area (Å²) in [4.78, 5) is 10.3. The van der Waals surface area contributed by atoms with Gasteiger partial charge in [-0.3, -0.25) is 10.1 Å². The van der Waals surface area contributed by atoms with Crippen LogP contribution in [0.3, 0.4) is 0 Å². The van der Waals surface area contributed by atoms with Gasteiger partial charge in [0.1, 0.15) is 0 Å².